The summed E-state index contributed by atoms with van der Waals surface area (Å²) in [4.78, 5) is 11.1. The van der Waals surface area contributed by atoms with Crippen molar-refractivity contribution >= 4 is 15.8 Å². The number of allylic oxidation sites excluding steroid dienone is 4. The first kappa shape index (κ1) is 30.0. The molecule has 2 atom stereocenters. The Hall–Kier alpha value is -3.43. The van der Waals surface area contributed by atoms with Gasteiger partial charge >= 0.3 is 5.97 Å². The van der Waals surface area contributed by atoms with Crippen LogP contribution in [-0.2, 0) is 38.8 Å². The molecule has 7 nitrogen and oxygen atoms in total. The molecular formula is C33H37FO7S. The van der Waals surface area contributed by atoms with Gasteiger partial charge in [-0.3, -0.25) is 4.79 Å². The van der Waals surface area contributed by atoms with E-state index >= 15 is 4.39 Å². The number of hydrogen-bond acceptors (Lipinski definition) is 6. The number of aliphatic hydroxyl groups is 1. The van der Waals surface area contributed by atoms with Crippen LogP contribution in [0.1, 0.15) is 60.3 Å². The number of sulfone groups is 1. The monoisotopic (exact) mass is 596 g/mol. The van der Waals surface area contributed by atoms with Gasteiger partial charge in [0.1, 0.15) is 36.1 Å². The number of hydrogen-bond donors (Lipinski definition) is 2. The summed E-state index contributed by atoms with van der Waals surface area (Å²) in [5.41, 5.74) is 2.99. The lowest BCUT2D eigenvalue weighted by molar-refractivity contribution is -0.138. The number of ether oxygens (including phenoxy) is 2. The Morgan fingerprint density at radius 3 is 2.50 bits per heavy atom. The summed E-state index contributed by atoms with van der Waals surface area (Å²) in [5, 5.41) is 20.0. The maximum atomic E-state index is 15.1. The number of aliphatic carboxylic acids is 1. The highest BCUT2D eigenvalue weighted by molar-refractivity contribution is 7.91. The van der Waals surface area contributed by atoms with Gasteiger partial charge in [0.2, 0.25) is 0 Å². The Labute approximate surface area is 246 Å². The van der Waals surface area contributed by atoms with Crippen molar-refractivity contribution in [3.8, 4) is 5.75 Å². The summed E-state index contributed by atoms with van der Waals surface area (Å²) >= 11 is 0. The zero-order valence-electron chi connectivity index (χ0n) is 23.6. The molecule has 0 aromatic heterocycles. The van der Waals surface area contributed by atoms with Crippen LogP contribution in [0.5, 0.6) is 5.75 Å². The summed E-state index contributed by atoms with van der Waals surface area (Å²) in [7, 11) is -3.10. The Morgan fingerprint density at radius 1 is 1.07 bits per heavy atom. The Balaban J connectivity index is 1.23. The predicted octanol–water partition coefficient (Wildman–Crippen LogP) is 5.42. The lowest BCUT2D eigenvalue weighted by atomic mass is 9.96. The first-order valence-electron chi connectivity index (χ1n) is 14.4. The first-order valence-corrected chi connectivity index (χ1v) is 16.2. The third-order valence-corrected chi connectivity index (χ3v) is 10.0. The fourth-order valence-corrected chi connectivity index (χ4v) is 7.14. The van der Waals surface area contributed by atoms with Crippen molar-refractivity contribution in [2.24, 2.45) is 5.92 Å². The van der Waals surface area contributed by atoms with Crippen LogP contribution in [0.15, 0.2) is 72.5 Å². The minimum Gasteiger partial charge on any atom is -0.491 e. The van der Waals surface area contributed by atoms with Gasteiger partial charge in [0.25, 0.3) is 0 Å². The number of carboxylic acid groups (broad SMARTS) is 1. The van der Waals surface area contributed by atoms with E-state index in [4.69, 9.17) is 14.6 Å². The van der Waals surface area contributed by atoms with Crippen molar-refractivity contribution < 1.29 is 37.3 Å². The van der Waals surface area contributed by atoms with Gasteiger partial charge in [-0.05, 0) is 104 Å². The molecule has 1 aliphatic heterocycles. The van der Waals surface area contributed by atoms with Crippen LogP contribution in [0.2, 0.25) is 0 Å². The summed E-state index contributed by atoms with van der Waals surface area (Å²) in [6.07, 6.45) is 9.24. The fourth-order valence-electron chi connectivity index (χ4n) is 5.55. The molecule has 1 unspecified atom stereocenters. The lowest BCUT2D eigenvalue weighted by Gasteiger charge is -2.31. The second-order valence-electron chi connectivity index (χ2n) is 11.7. The van der Waals surface area contributed by atoms with Crippen LogP contribution in [0.3, 0.4) is 0 Å². The molecular weight excluding hydrogens is 559 g/mol. The number of carbonyl (C=O) groups is 1. The normalized spacial score (nSPS) is 25.2. The molecule has 0 spiro atoms. The minimum absolute atomic E-state index is 0.00294. The molecule has 1 saturated carbocycles. The Morgan fingerprint density at radius 2 is 1.81 bits per heavy atom. The van der Waals surface area contributed by atoms with Crippen molar-refractivity contribution in [3.63, 3.8) is 0 Å². The molecule has 5 rings (SSSR count). The van der Waals surface area contributed by atoms with Gasteiger partial charge in [0.15, 0.2) is 9.84 Å². The van der Waals surface area contributed by atoms with Crippen LogP contribution >= 0.6 is 0 Å². The number of carboxylic acids is 1. The van der Waals surface area contributed by atoms with E-state index in [0.717, 1.165) is 28.7 Å². The maximum absolute atomic E-state index is 15.1. The molecule has 2 aromatic carbocycles. The Kier molecular flexibility index (Phi) is 8.89. The molecule has 42 heavy (non-hydrogen) atoms. The van der Waals surface area contributed by atoms with E-state index in [0.29, 0.717) is 42.8 Å². The SMILES string of the molecule is C=C1/C=C(OCC2(O)CCS(=O)(=O)CC2)\C=C/Cc2cc(COc3ccc(C4C[C@@H]4C(=O)O)cc3)c(F)cc2CCC1. The van der Waals surface area contributed by atoms with E-state index in [-0.39, 0.29) is 55.2 Å². The standard InChI is InChI=1S/C33H37FO7S/c1-22-4-2-5-25-18-31(34)26(20-40-27-10-8-23(9-11-27)29-19-30(29)32(35)36)17-24(25)6-3-7-28(16-22)41-21-33(37)12-14-42(38,39)15-13-33/h3,7-11,16-18,29-30,37H,1-2,4-6,12-15,19-21H2,(H,35,36)/b7-3-,28-16+/t29?,30-/m0/s1. The maximum Gasteiger partial charge on any atom is 0.307 e. The predicted molar refractivity (Wildman–Crippen MR) is 157 cm³/mol. The minimum atomic E-state index is -3.10. The molecule has 9 heteroatoms. The van der Waals surface area contributed by atoms with Crippen LogP contribution in [0, 0.1) is 11.7 Å². The van der Waals surface area contributed by atoms with E-state index < -0.39 is 21.4 Å². The van der Waals surface area contributed by atoms with Crippen LogP contribution in [0.25, 0.3) is 0 Å². The Bertz CT molecular complexity index is 1490. The number of aryl methyl sites for hydroxylation is 1. The summed E-state index contributed by atoms with van der Waals surface area (Å²) < 4.78 is 50.5. The van der Waals surface area contributed by atoms with Crippen molar-refractivity contribution in [2.45, 2.75) is 63.1 Å². The smallest absolute Gasteiger partial charge is 0.307 e. The zero-order chi connectivity index (χ0) is 29.9. The average molecular weight is 597 g/mol. The van der Waals surface area contributed by atoms with E-state index in [9.17, 15) is 18.3 Å². The van der Waals surface area contributed by atoms with Gasteiger partial charge in [0, 0.05) is 5.56 Å². The molecule has 2 aromatic rings. The molecule has 0 radical (unpaired) electrons. The molecule has 2 aliphatic carbocycles. The molecule has 224 valence electrons. The summed E-state index contributed by atoms with van der Waals surface area (Å²) in [6.45, 7) is 4.18. The number of halogens is 1. The molecule has 2 N–H and O–H groups in total. The molecule has 0 bridgehead atoms. The van der Waals surface area contributed by atoms with E-state index in [1.807, 2.05) is 36.4 Å². The zero-order valence-corrected chi connectivity index (χ0v) is 24.4. The van der Waals surface area contributed by atoms with Crippen molar-refractivity contribution in [3.05, 3.63) is 101 Å². The third-order valence-electron chi connectivity index (χ3n) is 8.35. The van der Waals surface area contributed by atoms with Crippen LogP contribution < -0.4 is 4.74 Å². The van der Waals surface area contributed by atoms with Gasteiger partial charge in [-0.2, -0.15) is 0 Å². The van der Waals surface area contributed by atoms with Crippen LogP contribution in [0.4, 0.5) is 4.39 Å². The number of benzene rings is 2. The second-order valence-corrected chi connectivity index (χ2v) is 14.0. The average Bonchev–Trinajstić information content (AvgIpc) is 3.76. The molecule has 3 aliphatic rings. The first-order chi connectivity index (χ1) is 20.0. The van der Waals surface area contributed by atoms with Crippen molar-refractivity contribution in [1.29, 1.82) is 0 Å². The lowest BCUT2D eigenvalue weighted by Crippen LogP contribution is -2.42. The van der Waals surface area contributed by atoms with Crippen molar-refractivity contribution in [2.75, 3.05) is 18.1 Å². The molecule has 0 amide bonds. The third kappa shape index (κ3) is 7.69. The topological polar surface area (TPSA) is 110 Å². The van der Waals surface area contributed by atoms with Gasteiger partial charge in [0.05, 0.1) is 17.4 Å². The number of fused-ring (bicyclic) bond motifs is 1. The van der Waals surface area contributed by atoms with E-state index in [2.05, 4.69) is 6.58 Å². The second kappa shape index (κ2) is 12.4. The molecule has 1 saturated heterocycles. The largest absolute Gasteiger partial charge is 0.491 e. The number of rotatable bonds is 8. The summed E-state index contributed by atoms with van der Waals surface area (Å²) in [6, 6.07) is 10.8. The van der Waals surface area contributed by atoms with Crippen molar-refractivity contribution in [1.82, 2.24) is 0 Å². The van der Waals surface area contributed by atoms with Gasteiger partial charge in [-0.15, -0.1) is 0 Å². The van der Waals surface area contributed by atoms with E-state index in [1.165, 1.54) is 0 Å². The fraction of sp³-hybridized carbons (Fsp3) is 0.424. The van der Waals surface area contributed by atoms with Gasteiger partial charge < -0.3 is 19.7 Å². The highest BCUT2D eigenvalue weighted by Crippen LogP contribution is 2.47. The van der Waals surface area contributed by atoms with E-state index in [1.54, 1.807) is 18.2 Å². The molecule has 1 heterocycles. The quantitative estimate of drug-likeness (QED) is 0.419. The summed E-state index contributed by atoms with van der Waals surface area (Å²) in [5.74, 6) is -0.336. The van der Waals surface area contributed by atoms with Gasteiger partial charge in [-0.1, -0.05) is 30.4 Å². The van der Waals surface area contributed by atoms with Crippen LogP contribution in [-0.4, -0.2) is 48.3 Å². The van der Waals surface area contributed by atoms with Gasteiger partial charge in [-0.25, -0.2) is 12.8 Å². The highest BCUT2D eigenvalue weighted by Gasteiger charge is 2.44. The highest BCUT2D eigenvalue weighted by atomic mass is 32.2. The molecule has 2 fully saturated rings.